The van der Waals surface area contributed by atoms with Crippen molar-refractivity contribution in [2.24, 2.45) is 4.99 Å². The van der Waals surface area contributed by atoms with Gasteiger partial charge in [-0.2, -0.15) is 0 Å². The Morgan fingerprint density at radius 2 is 1.66 bits per heavy atom. The Morgan fingerprint density at radius 3 is 2.32 bits per heavy atom. The fourth-order valence-electron chi connectivity index (χ4n) is 5.98. The lowest BCUT2D eigenvalue weighted by Gasteiger charge is -2.29. The Labute approximate surface area is 296 Å². The number of thioether (sulfide) groups is 1. The summed E-state index contributed by atoms with van der Waals surface area (Å²) >= 11 is 7.91. The first kappa shape index (κ1) is 35.1. The number of carbonyl (C=O) groups excluding carboxylic acids is 3. The maximum atomic E-state index is 14.7. The van der Waals surface area contributed by atoms with Gasteiger partial charge in [-0.05, 0) is 68.1 Å². The number of halogens is 3. The number of aromatic nitrogens is 2. The molecule has 0 unspecified atom stereocenters. The van der Waals surface area contributed by atoms with E-state index in [1.54, 1.807) is 9.36 Å². The highest BCUT2D eigenvalue weighted by molar-refractivity contribution is 8.00. The monoisotopic (exact) mass is 743 g/mol. The fourth-order valence-corrected chi connectivity index (χ4v) is 7.86. The van der Waals surface area contributed by atoms with Crippen LogP contribution in [0, 0.1) is 24.0 Å². The number of hydrogen-bond acceptors (Lipinski definition) is 9. The number of rotatable bonds is 6. The molecule has 0 spiro atoms. The number of carboxylic acid groups (broad SMARTS) is 1. The van der Waals surface area contributed by atoms with Crippen LogP contribution in [0.1, 0.15) is 38.5 Å². The van der Waals surface area contributed by atoms with Gasteiger partial charge in [0.25, 0.3) is 17.7 Å². The van der Waals surface area contributed by atoms with Gasteiger partial charge in [-0.3, -0.25) is 33.6 Å². The molecular weight excluding hydrogens is 716 g/mol. The molecular formula is C33H28ClF2N5O7S2. The van der Waals surface area contributed by atoms with Crippen LogP contribution in [0.2, 0.25) is 5.02 Å². The van der Waals surface area contributed by atoms with Crippen LogP contribution in [-0.2, 0) is 32.3 Å². The molecule has 260 valence electrons. The number of terminal acetylenes is 1. The van der Waals surface area contributed by atoms with E-state index in [1.165, 1.54) is 17.0 Å². The number of anilines is 2. The first-order chi connectivity index (χ1) is 24.0. The number of fused-ring (bicyclic) bond motifs is 2. The van der Waals surface area contributed by atoms with Crippen molar-refractivity contribution in [2.75, 3.05) is 28.7 Å². The summed E-state index contributed by atoms with van der Waals surface area (Å²) in [5.41, 5.74) is 1.03. The minimum atomic E-state index is -0.992. The Balaban J connectivity index is 0.000000174. The van der Waals surface area contributed by atoms with E-state index in [0.717, 1.165) is 65.8 Å². The molecule has 4 heterocycles. The topological polar surface area (TPSA) is 144 Å². The molecule has 3 amide bonds. The van der Waals surface area contributed by atoms with Crippen molar-refractivity contribution in [1.82, 2.24) is 9.36 Å². The second-order valence-corrected chi connectivity index (χ2v) is 13.8. The smallest absolute Gasteiger partial charge is 0.325 e. The lowest BCUT2D eigenvalue weighted by Crippen LogP contribution is -2.39. The van der Waals surface area contributed by atoms with Gasteiger partial charge in [-0.25, -0.2) is 23.4 Å². The van der Waals surface area contributed by atoms with Gasteiger partial charge in [0.15, 0.2) is 12.4 Å². The zero-order chi connectivity index (χ0) is 35.7. The number of imide groups is 1. The van der Waals surface area contributed by atoms with E-state index in [1.807, 2.05) is 0 Å². The molecule has 4 aliphatic rings. The third kappa shape index (κ3) is 6.85. The molecule has 12 nitrogen and oxygen atoms in total. The number of benzene rings is 2. The normalized spacial score (nSPS) is 17.1. The highest BCUT2D eigenvalue weighted by Crippen LogP contribution is 2.42. The zero-order valence-corrected chi connectivity index (χ0v) is 28.6. The van der Waals surface area contributed by atoms with Gasteiger partial charge in [0, 0.05) is 35.2 Å². The van der Waals surface area contributed by atoms with Crippen LogP contribution < -0.4 is 24.2 Å². The molecule has 50 heavy (non-hydrogen) atoms. The molecule has 0 saturated heterocycles. The van der Waals surface area contributed by atoms with Gasteiger partial charge < -0.3 is 9.84 Å². The molecule has 0 bridgehead atoms. The van der Waals surface area contributed by atoms with Crippen LogP contribution in [0.3, 0.4) is 0 Å². The number of carboxylic acids is 1. The van der Waals surface area contributed by atoms with Gasteiger partial charge >= 0.3 is 10.8 Å². The van der Waals surface area contributed by atoms with E-state index in [4.69, 9.17) is 27.9 Å². The Morgan fingerprint density at radius 1 is 0.980 bits per heavy atom. The van der Waals surface area contributed by atoms with E-state index >= 15 is 0 Å². The molecule has 3 aliphatic heterocycles. The molecule has 0 atom stereocenters. The highest BCUT2D eigenvalue weighted by atomic mass is 35.5. The van der Waals surface area contributed by atoms with Gasteiger partial charge in [-0.1, -0.05) is 17.5 Å². The van der Waals surface area contributed by atoms with Crippen LogP contribution >= 0.6 is 34.7 Å². The maximum absolute atomic E-state index is 14.7. The molecule has 1 aromatic heterocycles. The molecule has 0 radical (unpaired) electrons. The lowest BCUT2D eigenvalue weighted by atomic mass is 9.93. The first-order valence-electron chi connectivity index (χ1n) is 15.5. The van der Waals surface area contributed by atoms with Gasteiger partial charge in [-0.15, -0.1) is 18.2 Å². The number of carbonyl (C=O) groups is 4. The predicted molar refractivity (Wildman–Crippen MR) is 182 cm³/mol. The van der Waals surface area contributed by atoms with Crippen molar-refractivity contribution in [3.05, 3.63) is 66.5 Å². The third-order valence-corrected chi connectivity index (χ3v) is 10.6. The minimum Gasteiger partial charge on any atom is -0.481 e. The van der Waals surface area contributed by atoms with Gasteiger partial charge in [0.05, 0.1) is 28.7 Å². The standard InChI is InChI=1S/C19H15FN2O4.C14H13ClFN3O3S2/c1-2-7-21-15-9-14(13(20)8-16(15)26-10-17(21)23)22-18(24)11-5-3-4-6-12(11)19(22)25;15-8-5-9(16)10(6-11(8)23-7-12(20)21)17-13-18-3-1-2-4-19(18)14(22)24-13/h1,8-9H,3-7,10H2;5-6H,1-4,7H2,(H,20,21). The first-order valence-corrected chi connectivity index (χ1v) is 17.7. The molecule has 3 aromatic rings. The molecule has 0 saturated carbocycles. The second-order valence-electron chi connectivity index (χ2n) is 11.5. The molecule has 17 heteroatoms. The van der Waals surface area contributed by atoms with Crippen LogP contribution in [0.4, 0.5) is 25.8 Å². The fraction of sp³-hybridized carbons (Fsp3) is 0.333. The van der Waals surface area contributed by atoms with Crippen molar-refractivity contribution in [2.45, 2.75) is 56.5 Å². The molecule has 2 aromatic carbocycles. The summed E-state index contributed by atoms with van der Waals surface area (Å²) in [5, 5.41) is 8.90. The van der Waals surface area contributed by atoms with E-state index in [2.05, 4.69) is 10.9 Å². The summed E-state index contributed by atoms with van der Waals surface area (Å²) in [5.74, 6) is -1.39. The summed E-state index contributed by atoms with van der Waals surface area (Å²) in [6, 6.07) is 4.89. The maximum Gasteiger partial charge on any atom is 0.325 e. The van der Waals surface area contributed by atoms with E-state index in [-0.39, 0.29) is 57.5 Å². The number of ether oxygens (including phenoxy) is 1. The van der Waals surface area contributed by atoms with Crippen LogP contribution in [0.25, 0.3) is 0 Å². The van der Waals surface area contributed by atoms with E-state index in [9.17, 15) is 32.8 Å². The SMILES string of the molecule is C#CCN1C(=O)COc2cc(F)c(N3C(=O)C4=C(CCCC4)C3=O)cc21.O=C(O)CSc1cc(N=c2sc(=O)n3n2CCCC3)c(F)cc1Cl. The quantitative estimate of drug-likeness (QED) is 0.219. The summed E-state index contributed by atoms with van der Waals surface area (Å²) in [6.45, 7) is 1.03. The summed E-state index contributed by atoms with van der Waals surface area (Å²) in [7, 11) is 0. The summed E-state index contributed by atoms with van der Waals surface area (Å²) in [4.78, 5) is 67.2. The number of amides is 3. The summed E-state index contributed by atoms with van der Waals surface area (Å²) < 4.78 is 37.5. The number of aliphatic carboxylic acids is 1. The Bertz CT molecular complexity index is 2120. The average Bonchev–Trinajstić information content (AvgIpc) is 3.55. The van der Waals surface area contributed by atoms with Gasteiger partial charge in [0.2, 0.25) is 4.80 Å². The van der Waals surface area contributed by atoms with Crippen molar-refractivity contribution in [3.63, 3.8) is 0 Å². The lowest BCUT2D eigenvalue weighted by molar-refractivity contribution is -0.134. The van der Waals surface area contributed by atoms with E-state index < -0.39 is 29.4 Å². The van der Waals surface area contributed by atoms with Crippen LogP contribution in [0.15, 0.2) is 50.1 Å². The Hall–Kier alpha value is -4.72. The number of hydrogen-bond donors (Lipinski definition) is 1. The second kappa shape index (κ2) is 14.6. The zero-order valence-electron chi connectivity index (χ0n) is 26.2. The van der Waals surface area contributed by atoms with Crippen LogP contribution in [0.5, 0.6) is 5.75 Å². The largest absolute Gasteiger partial charge is 0.481 e. The molecule has 1 aliphatic carbocycles. The molecule has 1 N–H and O–H groups in total. The minimum absolute atomic E-state index is 0.0170. The van der Waals surface area contributed by atoms with E-state index in [0.29, 0.717) is 46.8 Å². The third-order valence-electron chi connectivity index (χ3n) is 8.31. The van der Waals surface area contributed by atoms with Crippen molar-refractivity contribution in [1.29, 1.82) is 0 Å². The predicted octanol–water partition coefficient (Wildman–Crippen LogP) is 4.63. The van der Waals surface area contributed by atoms with Crippen molar-refractivity contribution in [3.8, 4) is 18.1 Å². The van der Waals surface area contributed by atoms with Crippen LogP contribution in [-0.4, -0.2) is 57.1 Å². The molecule has 0 fully saturated rings. The summed E-state index contributed by atoms with van der Waals surface area (Å²) in [6.07, 6.45) is 9.88. The number of nitrogens with zero attached hydrogens (tertiary/aromatic N) is 5. The Kier molecular flexibility index (Phi) is 10.3. The van der Waals surface area contributed by atoms with Crippen molar-refractivity contribution >= 4 is 75.5 Å². The highest BCUT2D eigenvalue weighted by Gasteiger charge is 2.41. The van der Waals surface area contributed by atoms with Crippen molar-refractivity contribution < 1.29 is 37.8 Å². The average molecular weight is 744 g/mol. The molecule has 7 rings (SSSR count). The van der Waals surface area contributed by atoms with Gasteiger partial charge in [0.1, 0.15) is 17.3 Å².